The Bertz CT molecular complexity index is 1420. The molecule has 0 aliphatic carbocycles. The number of ether oxygens (including phenoxy) is 1. The standard InChI is InChI=1S/C33H37FN4O5/c1-22-33(42)38(2)26(20-24-8-4-3-5-9-24)21-43-29-11-7-6-10-27(29)31(40)37-28(16-17-30(39)36-22)32(41)35-19-18-23-12-14-25(34)15-13-23/h3-15,22,26,28H,16-21H2,1-2H3,(H,35,41)(H,36,39)(H,37,40)/t22-,26+,28-/m0/s1. The highest BCUT2D eigenvalue weighted by molar-refractivity contribution is 5.99. The summed E-state index contributed by atoms with van der Waals surface area (Å²) in [5.41, 5.74) is 2.07. The van der Waals surface area contributed by atoms with Crippen LogP contribution in [0.25, 0.3) is 0 Å². The molecule has 43 heavy (non-hydrogen) atoms. The van der Waals surface area contributed by atoms with E-state index in [1.165, 1.54) is 12.1 Å². The zero-order valence-corrected chi connectivity index (χ0v) is 24.3. The summed E-state index contributed by atoms with van der Waals surface area (Å²) in [7, 11) is 1.67. The van der Waals surface area contributed by atoms with Crippen molar-refractivity contribution in [3.63, 3.8) is 0 Å². The minimum atomic E-state index is -1.02. The number of hydrogen-bond donors (Lipinski definition) is 3. The Balaban J connectivity index is 1.54. The predicted octanol–water partition coefficient (Wildman–Crippen LogP) is 3.03. The summed E-state index contributed by atoms with van der Waals surface area (Å²) in [5, 5.41) is 8.28. The van der Waals surface area contributed by atoms with Crippen LogP contribution in [0.3, 0.4) is 0 Å². The Morgan fingerprint density at radius 2 is 1.65 bits per heavy atom. The van der Waals surface area contributed by atoms with Crippen LogP contribution >= 0.6 is 0 Å². The lowest BCUT2D eigenvalue weighted by molar-refractivity contribution is -0.137. The van der Waals surface area contributed by atoms with Crippen molar-refractivity contribution in [3.8, 4) is 5.75 Å². The van der Waals surface area contributed by atoms with Gasteiger partial charge in [-0.05, 0) is 61.6 Å². The fourth-order valence-electron chi connectivity index (χ4n) is 4.91. The van der Waals surface area contributed by atoms with Crippen LogP contribution in [0.4, 0.5) is 4.39 Å². The fraction of sp³-hybridized carbons (Fsp3) is 0.333. The molecule has 0 bridgehead atoms. The normalized spacial score (nSPS) is 20.0. The zero-order valence-electron chi connectivity index (χ0n) is 24.3. The molecule has 0 radical (unpaired) electrons. The van der Waals surface area contributed by atoms with Crippen LogP contribution in [-0.2, 0) is 27.2 Å². The topological polar surface area (TPSA) is 117 Å². The van der Waals surface area contributed by atoms with Gasteiger partial charge >= 0.3 is 0 Å². The molecule has 0 saturated carbocycles. The van der Waals surface area contributed by atoms with Crippen molar-refractivity contribution in [2.24, 2.45) is 0 Å². The molecule has 1 aliphatic rings. The SMILES string of the molecule is C[C@@H]1NC(=O)CC[C@@H](C(=O)NCCc2ccc(F)cc2)NC(=O)c2ccccc2OC[C@@H](Cc2ccccc2)N(C)C1=O. The van der Waals surface area contributed by atoms with Gasteiger partial charge in [0.25, 0.3) is 5.91 Å². The maximum atomic E-state index is 13.4. The molecule has 0 fully saturated rings. The summed E-state index contributed by atoms with van der Waals surface area (Å²) in [6, 6.07) is 20.1. The summed E-state index contributed by atoms with van der Waals surface area (Å²) < 4.78 is 19.4. The van der Waals surface area contributed by atoms with Gasteiger partial charge in [0, 0.05) is 20.0 Å². The average molecular weight is 589 g/mol. The summed E-state index contributed by atoms with van der Waals surface area (Å²) >= 11 is 0. The first-order chi connectivity index (χ1) is 20.7. The Morgan fingerprint density at radius 1 is 0.953 bits per heavy atom. The molecule has 0 saturated heterocycles. The zero-order chi connectivity index (χ0) is 30.8. The third-order valence-electron chi connectivity index (χ3n) is 7.43. The van der Waals surface area contributed by atoms with E-state index < -0.39 is 35.8 Å². The minimum absolute atomic E-state index is 0.0103. The van der Waals surface area contributed by atoms with Crippen LogP contribution < -0.4 is 20.7 Å². The van der Waals surface area contributed by atoms with E-state index in [0.29, 0.717) is 18.6 Å². The Hall–Kier alpha value is -4.73. The van der Waals surface area contributed by atoms with Crippen LogP contribution in [0.15, 0.2) is 78.9 Å². The number of benzene rings is 3. The van der Waals surface area contributed by atoms with Crippen molar-refractivity contribution in [1.82, 2.24) is 20.9 Å². The van der Waals surface area contributed by atoms with Gasteiger partial charge in [-0.25, -0.2) is 4.39 Å². The summed E-state index contributed by atoms with van der Waals surface area (Å²) in [6.07, 6.45) is 0.874. The Labute approximate surface area is 250 Å². The largest absolute Gasteiger partial charge is 0.491 e. The van der Waals surface area contributed by atoms with Gasteiger partial charge in [0.15, 0.2) is 0 Å². The van der Waals surface area contributed by atoms with Crippen LogP contribution in [0.1, 0.15) is 41.3 Å². The molecule has 3 aromatic rings. The molecule has 10 heteroatoms. The maximum absolute atomic E-state index is 13.4. The van der Waals surface area contributed by atoms with Gasteiger partial charge in [-0.3, -0.25) is 19.2 Å². The van der Waals surface area contributed by atoms with Crippen molar-refractivity contribution >= 4 is 23.6 Å². The van der Waals surface area contributed by atoms with Crippen LogP contribution in [0, 0.1) is 5.82 Å². The summed E-state index contributed by atoms with van der Waals surface area (Å²) in [6.45, 7) is 1.96. The Morgan fingerprint density at radius 3 is 2.40 bits per heavy atom. The number of nitrogens with one attached hydrogen (secondary N) is 3. The molecular formula is C33H37FN4O5. The van der Waals surface area contributed by atoms with Crippen molar-refractivity contribution in [3.05, 3.63) is 101 Å². The number of carbonyl (C=O) groups is 4. The first kappa shape index (κ1) is 31.2. The molecule has 9 nitrogen and oxygen atoms in total. The van der Waals surface area contributed by atoms with Crippen molar-refractivity contribution in [2.45, 2.75) is 50.7 Å². The summed E-state index contributed by atoms with van der Waals surface area (Å²) in [5.74, 6) is -1.72. The molecule has 1 heterocycles. The number of likely N-dealkylation sites (N-methyl/N-ethyl adjacent to an activating group) is 1. The Kier molecular flexibility index (Phi) is 10.9. The fourth-order valence-corrected chi connectivity index (χ4v) is 4.91. The highest BCUT2D eigenvalue weighted by atomic mass is 19.1. The van der Waals surface area contributed by atoms with E-state index in [9.17, 15) is 23.6 Å². The van der Waals surface area contributed by atoms with E-state index in [1.807, 2.05) is 30.3 Å². The van der Waals surface area contributed by atoms with Crippen LogP contribution in [0.5, 0.6) is 5.75 Å². The van der Waals surface area contributed by atoms with E-state index in [1.54, 1.807) is 55.3 Å². The number of hydrogen-bond acceptors (Lipinski definition) is 5. The highest BCUT2D eigenvalue weighted by Crippen LogP contribution is 2.20. The number of rotatable bonds is 6. The molecule has 3 N–H and O–H groups in total. The molecule has 0 aromatic heterocycles. The maximum Gasteiger partial charge on any atom is 0.255 e. The molecule has 4 amide bonds. The lowest BCUT2D eigenvalue weighted by Crippen LogP contribution is -2.51. The second kappa shape index (κ2) is 14.9. The van der Waals surface area contributed by atoms with Crippen molar-refractivity contribution < 1.29 is 28.3 Å². The van der Waals surface area contributed by atoms with Gasteiger partial charge in [0.2, 0.25) is 17.7 Å². The van der Waals surface area contributed by atoms with Crippen molar-refractivity contribution in [1.29, 1.82) is 0 Å². The highest BCUT2D eigenvalue weighted by Gasteiger charge is 2.29. The average Bonchev–Trinajstić information content (AvgIpc) is 3.01. The molecular weight excluding hydrogens is 551 g/mol. The van der Waals surface area contributed by atoms with Gasteiger partial charge < -0.3 is 25.6 Å². The van der Waals surface area contributed by atoms with Crippen molar-refractivity contribution in [2.75, 3.05) is 20.2 Å². The van der Waals surface area contributed by atoms with E-state index in [2.05, 4.69) is 16.0 Å². The van der Waals surface area contributed by atoms with Gasteiger partial charge in [-0.2, -0.15) is 0 Å². The van der Waals surface area contributed by atoms with Gasteiger partial charge in [-0.15, -0.1) is 0 Å². The summed E-state index contributed by atoms with van der Waals surface area (Å²) in [4.78, 5) is 54.4. The van der Waals surface area contributed by atoms with E-state index in [0.717, 1.165) is 11.1 Å². The predicted molar refractivity (Wildman–Crippen MR) is 160 cm³/mol. The van der Waals surface area contributed by atoms with E-state index in [-0.39, 0.29) is 43.3 Å². The molecule has 3 atom stereocenters. The number of carbonyl (C=O) groups excluding carboxylic acids is 4. The second-order valence-corrected chi connectivity index (χ2v) is 10.6. The van der Waals surface area contributed by atoms with Gasteiger partial charge in [-0.1, -0.05) is 54.6 Å². The smallest absolute Gasteiger partial charge is 0.255 e. The third-order valence-corrected chi connectivity index (χ3v) is 7.43. The minimum Gasteiger partial charge on any atom is -0.491 e. The monoisotopic (exact) mass is 588 g/mol. The first-order valence-corrected chi connectivity index (χ1v) is 14.4. The number of nitrogens with zero attached hydrogens (tertiary/aromatic N) is 1. The van der Waals surface area contributed by atoms with Gasteiger partial charge in [0.05, 0.1) is 11.6 Å². The number of fused-ring (bicyclic) bond motifs is 1. The van der Waals surface area contributed by atoms with Crippen LogP contribution in [0.2, 0.25) is 0 Å². The molecule has 0 spiro atoms. The van der Waals surface area contributed by atoms with Crippen LogP contribution in [-0.4, -0.2) is 66.9 Å². The number of amides is 4. The lowest BCUT2D eigenvalue weighted by Gasteiger charge is -2.31. The third kappa shape index (κ3) is 8.88. The lowest BCUT2D eigenvalue weighted by atomic mass is 10.0. The molecule has 226 valence electrons. The molecule has 3 aromatic carbocycles. The molecule has 1 aliphatic heterocycles. The quantitative estimate of drug-likeness (QED) is 0.410. The second-order valence-electron chi connectivity index (χ2n) is 10.6. The number of para-hydroxylation sites is 1. The van der Waals surface area contributed by atoms with E-state index >= 15 is 0 Å². The number of halogens is 1. The molecule has 4 rings (SSSR count). The van der Waals surface area contributed by atoms with Gasteiger partial charge in [0.1, 0.15) is 30.3 Å². The first-order valence-electron chi connectivity index (χ1n) is 14.4. The molecule has 0 unspecified atom stereocenters. The van der Waals surface area contributed by atoms with E-state index in [4.69, 9.17) is 4.74 Å².